The quantitative estimate of drug-likeness (QED) is 0.193. The van der Waals surface area contributed by atoms with Crippen LogP contribution < -0.4 is 18.9 Å². The van der Waals surface area contributed by atoms with Crippen LogP contribution in [0.25, 0.3) is 10.9 Å². The van der Waals surface area contributed by atoms with E-state index in [9.17, 15) is 15.0 Å². The number of nitrogens with one attached hydrogen (secondary N) is 1. The van der Waals surface area contributed by atoms with Crippen molar-refractivity contribution < 1.29 is 43.5 Å². The number of aromatic hydroxyl groups is 1. The Kier molecular flexibility index (Phi) is 8.27. The number of aromatic amines is 1. The third kappa shape index (κ3) is 4.74. The number of Topliss-reactive ketones (excluding diaryl/α,β-unsaturated/α-hetero) is 1. The van der Waals surface area contributed by atoms with Crippen LogP contribution in [0, 0.1) is 13.8 Å². The Labute approximate surface area is 328 Å². The average Bonchev–Trinajstić information content (AvgIpc) is 3.80. The lowest BCUT2D eigenvalue weighted by Gasteiger charge is -2.62. The van der Waals surface area contributed by atoms with Gasteiger partial charge < -0.3 is 38.9 Å². The fourth-order valence-corrected chi connectivity index (χ4v) is 12.8. The third-order valence-corrected chi connectivity index (χ3v) is 14.9. The summed E-state index contributed by atoms with van der Waals surface area (Å²) in [4.78, 5) is 38.2. The lowest BCUT2D eigenvalue weighted by molar-refractivity contribution is -0.181. The molecule has 4 aromatic rings. The van der Waals surface area contributed by atoms with E-state index in [0.717, 1.165) is 50.8 Å². The lowest BCUT2D eigenvalue weighted by atomic mass is 9.73. The number of piperazine rings is 1. The molecule has 11 rings (SSSR count). The number of phenolic OH excluding ortho intramolecular Hbond substituents is 1. The number of ketones is 1. The minimum atomic E-state index is -1.10. The molecule has 1 spiro atoms. The highest BCUT2D eigenvalue weighted by atomic mass is 32.2. The molecule has 8 heterocycles. The summed E-state index contributed by atoms with van der Waals surface area (Å²) in [6, 6.07) is 8.28. The van der Waals surface area contributed by atoms with E-state index in [-0.39, 0.29) is 37.6 Å². The van der Waals surface area contributed by atoms with Crippen LogP contribution in [0.2, 0.25) is 0 Å². The zero-order valence-corrected chi connectivity index (χ0v) is 33.1. The number of aryl methyl sites for hydroxylation is 1. The number of H-pyrrole nitrogens is 1. The van der Waals surface area contributed by atoms with Crippen molar-refractivity contribution in [2.75, 3.05) is 53.5 Å². The molecule has 0 aliphatic carbocycles. The van der Waals surface area contributed by atoms with Crippen LogP contribution in [0.1, 0.15) is 68.9 Å². The number of likely N-dealkylation sites (N-methyl/N-ethyl adjacent to an activating group) is 2. The van der Waals surface area contributed by atoms with Crippen molar-refractivity contribution in [3.8, 4) is 28.7 Å². The van der Waals surface area contributed by atoms with Gasteiger partial charge in [-0.3, -0.25) is 24.3 Å². The number of fused-ring (bicyclic) bond motifs is 12. The Morgan fingerprint density at radius 3 is 2.66 bits per heavy atom. The summed E-state index contributed by atoms with van der Waals surface area (Å²) >= 11 is 1.60. The minimum Gasteiger partial charge on any atom is -0.504 e. The highest BCUT2D eigenvalue weighted by molar-refractivity contribution is 7.99. The van der Waals surface area contributed by atoms with E-state index in [2.05, 4.69) is 31.8 Å². The number of thioether (sulfide) groups is 1. The van der Waals surface area contributed by atoms with E-state index in [1.165, 1.54) is 6.92 Å². The summed E-state index contributed by atoms with van der Waals surface area (Å²) in [5, 5.41) is 25.4. The van der Waals surface area contributed by atoms with Crippen LogP contribution >= 0.6 is 11.8 Å². The Hall–Kier alpha value is -4.31. The predicted molar refractivity (Wildman–Crippen MR) is 208 cm³/mol. The normalized spacial score (nSPS) is 29.7. The molecule has 13 nitrogen and oxygen atoms in total. The maximum absolute atomic E-state index is 15.0. The van der Waals surface area contributed by atoms with Crippen molar-refractivity contribution in [1.29, 1.82) is 0 Å². The summed E-state index contributed by atoms with van der Waals surface area (Å²) in [5.41, 5.74) is 6.44. The highest BCUT2D eigenvalue weighted by Gasteiger charge is 2.61. The van der Waals surface area contributed by atoms with Crippen LogP contribution in [-0.2, 0) is 32.7 Å². The molecule has 7 aliphatic rings. The van der Waals surface area contributed by atoms with Crippen molar-refractivity contribution in [1.82, 2.24) is 19.7 Å². The third-order valence-electron chi connectivity index (χ3n) is 13.4. The number of aliphatic hydroxyl groups is 1. The van der Waals surface area contributed by atoms with Crippen LogP contribution in [0.15, 0.2) is 30.3 Å². The largest absolute Gasteiger partial charge is 0.504 e. The van der Waals surface area contributed by atoms with Gasteiger partial charge in [-0.2, -0.15) is 0 Å². The zero-order valence-electron chi connectivity index (χ0n) is 32.3. The number of aliphatic hydroxyl groups excluding tert-OH is 1. The standard InChI is InChI=1S/C42H46N4O9S/c1-19-13-22-14-26-41(50)46-27-15-52-16-28(48)42(40-24(11-12-44(42)4)23-9-7-8-10-25(23)43-40)17-56-39(33(46)32(45(26)5)29(22)34(49)35(19)51-6)31-30(27)38-37(53-18-54-38)20(2)36(31)55-21(3)47/h7-10,13,26-27,32-33,39,41,43,49-50H,11-12,14-18H2,1-6H3/t26-,27-,32+,33?,39+,41-,42-/m0/s1. The predicted octanol–water partition coefficient (Wildman–Crippen LogP) is 4.57. The number of nitrogens with zero attached hydrogens (tertiary/aromatic N) is 3. The molecule has 4 bridgehead atoms. The number of ether oxygens (including phenoxy) is 5. The monoisotopic (exact) mass is 782 g/mol. The molecule has 0 radical (unpaired) electrons. The van der Waals surface area contributed by atoms with Gasteiger partial charge in [-0.15, -0.1) is 11.8 Å². The fraction of sp³-hybridized carbons (Fsp3) is 0.476. The molecule has 294 valence electrons. The molecule has 0 amide bonds. The maximum atomic E-state index is 15.0. The second-order valence-electron chi connectivity index (χ2n) is 16.1. The lowest BCUT2D eigenvalue weighted by Crippen LogP contribution is -2.69. The molecule has 14 heteroatoms. The number of para-hydroxylation sites is 1. The van der Waals surface area contributed by atoms with E-state index in [4.69, 9.17) is 23.7 Å². The summed E-state index contributed by atoms with van der Waals surface area (Å²) < 4.78 is 30.9. The van der Waals surface area contributed by atoms with Crippen molar-refractivity contribution in [2.45, 2.75) is 74.8 Å². The first kappa shape index (κ1) is 36.1. The molecule has 2 saturated heterocycles. The van der Waals surface area contributed by atoms with Gasteiger partial charge in [0.05, 0.1) is 37.1 Å². The Morgan fingerprint density at radius 2 is 1.88 bits per heavy atom. The number of esters is 1. The number of phenols is 1. The molecule has 3 N–H and O–H groups in total. The van der Waals surface area contributed by atoms with Gasteiger partial charge in [0.15, 0.2) is 28.8 Å². The molecule has 2 fully saturated rings. The highest BCUT2D eigenvalue weighted by Crippen LogP contribution is 2.64. The Morgan fingerprint density at radius 1 is 1.09 bits per heavy atom. The number of rotatable bonds is 2. The van der Waals surface area contributed by atoms with Crippen LogP contribution in [-0.4, -0.2) is 113 Å². The first-order valence-electron chi connectivity index (χ1n) is 19.2. The van der Waals surface area contributed by atoms with E-state index < -0.39 is 41.1 Å². The van der Waals surface area contributed by atoms with Crippen LogP contribution in [0.3, 0.4) is 0 Å². The summed E-state index contributed by atoms with van der Waals surface area (Å²) in [6.07, 6.45) is 0.282. The number of benzene rings is 3. The SMILES string of the molecule is COc1c(C)cc2c(c1O)[C@@H]1C3[C@@H]4SC[C@]5(C(=O)COC[C@@H](c6c7c(c(C)c(OC(C)=O)c64)OCO7)N3[C@@H](O)[C@H](C2)N1C)c1[nH]c2ccccc2c1CCN5C. The van der Waals surface area contributed by atoms with Gasteiger partial charge >= 0.3 is 5.97 Å². The number of methoxy groups -OCH3 is 1. The van der Waals surface area contributed by atoms with Gasteiger partial charge in [-0.1, -0.05) is 24.3 Å². The van der Waals surface area contributed by atoms with Gasteiger partial charge in [0.25, 0.3) is 0 Å². The number of carbonyl (C=O) groups is 2. The molecule has 7 atom stereocenters. The van der Waals surface area contributed by atoms with Crippen LogP contribution in [0.5, 0.6) is 28.7 Å². The second kappa shape index (κ2) is 12.9. The molecule has 3 aromatic carbocycles. The number of carbonyl (C=O) groups excluding carboxylic acids is 2. The van der Waals surface area contributed by atoms with E-state index in [0.29, 0.717) is 52.8 Å². The van der Waals surface area contributed by atoms with Gasteiger partial charge in [-0.05, 0) is 63.5 Å². The summed E-state index contributed by atoms with van der Waals surface area (Å²) in [7, 11) is 5.56. The Balaban J connectivity index is 1.26. The topological polar surface area (TPSA) is 146 Å². The smallest absolute Gasteiger partial charge is 0.308 e. The first-order valence-corrected chi connectivity index (χ1v) is 20.3. The van der Waals surface area contributed by atoms with Gasteiger partial charge in [0, 0.05) is 64.1 Å². The van der Waals surface area contributed by atoms with Gasteiger partial charge in [-0.25, -0.2) is 0 Å². The number of aromatic nitrogens is 1. The molecular formula is C42H46N4O9S. The number of hydrogen-bond acceptors (Lipinski definition) is 13. The number of hydrogen-bond donors (Lipinski definition) is 3. The van der Waals surface area contributed by atoms with Crippen molar-refractivity contribution in [3.05, 3.63) is 75.0 Å². The van der Waals surface area contributed by atoms with Crippen molar-refractivity contribution >= 4 is 34.4 Å². The van der Waals surface area contributed by atoms with Crippen molar-refractivity contribution in [3.63, 3.8) is 0 Å². The fourth-order valence-electron chi connectivity index (χ4n) is 10.9. The molecule has 1 unspecified atom stereocenters. The average molecular weight is 783 g/mol. The van der Waals surface area contributed by atoms with Crippen molar-refractivity contribution in [2.24, 2.45) is 0 Å². The molecule has 7 aliphatic heterocycles. The first-order chi connectivity index (χ1) is 27.0. The summed E-state index contributed by atoms with van der Waals surface area (Å²) in [5.74, 6) is 1.62. The molecule has 1 aromatic heterocycles. The van der Waals surface area contributed by atoms with Crippen LogP contribution in [0.4, 0.5) is 0 Å². The molecule has 56 heavy (non-hydrogen) atoms. The second-order valence-corrected chi connectivity index (χ2v) is 17.2. The van der Waals surface area contributed by atoms with E-state index in [1.54, 1.807) is 18.9 Å². The molecular weight excluding hydrogens is 737 g/mol. The van der Waals surface area contributed by atoms with Gasteiger partial charge in [0.2, 0.25) is 6.79 Å². The van der Waals surface area contributed by atoms with Gasteiger partial charge in [0.1, 0.15) is 24.1 Å². The minimum absolute atomic E-state index is 0.0204. The molecule has 0 saturated carbocycles. The van der Waals surface area contributed by atoms with E-state index >= 15 is 4.79 Å². The Bertz CT molecular complexity index is 2350. The maximum Gasteiger partial charge on any atom is 0.308 e. The van der Waals surface area contributed by atoms with E-state index in [1.807, 2.05) is 46.1 Å². The summed E-state index contributed by atoms with van der Waals surface area (Å²) in [6.45, 7) is 5.67. The zero-order chi connectivity index (χ0) is 38.9.